The van der Waals surface area contributed by atoms with Gasteiger partial charge in [-0.3, -0.25) is 19.8 Å². The van der Waals surface area contributed by atoms with Crippen LogP contribution in [0.1, 0.15) is 20.8 Å². The van der Waals surface area contributed by atoms with Crippen LogP contribution < -0.4 is 0 Å². The van der Waals surface area contributed by atoms with Gasteiger partial charge in [-0.05, 0) is 0 Å². The highest BCUT2D eigenvalue weighted by atomic mass is 35.6. The number of hydrogen-bond acceptors (Lipinski definition) is 9. The second-order valence-electron chi connectivity index (χ2n) is 4.94. The summed E-state index contributed by atoms with van der Waals surface area (Å²) in [5.41, 5.74) is -1.01. The zero-order chi connectivity index (χ0) is 19.4. The number of carbonyl (C=O) groups is 3. The number of carbonyl (C=O) groups excluding carboxylic acids is 3. The third-order valence-electron chi connectivity index (χ3n) is 2.80. The van der Waals surface area contributed by atoms with E-state index in [0.717, 1.165) is 25.6 Å². The number of esters is 3. The van der Waals surface area contributed by atoms with E-state index in [0.29, 0.717) is 0 Å². The van der Waals surface area contributed by atoms with E-state index in [9.17, 15) is 14.4 Å². The lowest BCUT2D eigenvalue weighted by Crippen LogP contribution is -2.55. The van der Waals surface area contributed by atoms with Crippen molar-refractivity contribution in [3.8, 4) is 0 Å². The fourth-order valence-corrected chi connectivity index (χ4v) is 3.33. The highest BCUT2D eigenvalue weighted by Crippen LogP contribution is 2.36. The Hall–Kier alpha value is -0.900. The molecule has 4 atom stereocenters. The molecule has 0 bridgehead atoms. The fourth-order valence-electron chi connectivity index (χ4n) is 1.99. The molecule has 0 spiro atoms. The summed E-state index contributed by atoms with van der Waals surface area (Å²) >= 11 is 17.8. The number of alkyl halides is 3. The largest absolute Gasteiger partial charge is 0.459 e. The maximum atomic E-state index is 11.4. The third-order valence-corrected chi connectivity index (χ3v) is 4.53. The van der Waals surface area contributed by atoms with Crippen LogP contribution in [0, 0.1) is 5.41 Å². The van der Waals surface area contributed by atoms with Crippen LogP contribution in [0.4, 0.5) is 0 Å². The van der Waals surface area contributed by atoms with E-state index in [-0.39, 0.29) is 5.75 Å². The van der Waals surface area contributed by atoms with Crippen LogP contribution in [-0.4, -0.2) is 57.1 Å². The molecule has 1 aliphatic rings. The van der Waals surface area contributed by atoms with Crippen LogP contribution in [0.3, 0.4) is 0 Å². The van der Waals surface area contributed by atoms with Gasteiger partial charge in [-0.15, -0.1) is 11.8 Å². The van der Waals surface area contributed by atoms with Crippen molar-refractivity contribution in [3.63, 3.8) is 0 Å². The van der Waals surface area contributed by atoms with Gasteiger partial charge in [0, 0.05) is 26.5 Å². The Morgan fingerprint density at radius 1 is 0.920 bits per heavy atom. The summed E-state index contributed by atoms with van der Waals surface area (Å²) in [6.45, 7) is 3.48. The predicted molar refractivity (Wildman–Crippen MR) is 92.0 cm³/mol. The van der Waals surface area contributed by atoms with E-state index >= 15 is 0 Å². The number of halogens is 3. The van der Waals surface area contributed by atoms with Gasteiger partial charge in [-0.2, -0.15) is 0 Å². The SMILES string of the molecule is CC(=O)O[C@@H]1[C@@H](OC(C)=O)[C@@H](OC(=N)C(Cl)(Cl)Cl)SC[C@H]1OC(C)=O. The number of rotatable bonds is 4. The first-order valence-electron chi connectivity index (χ1n) is 6.87. The lowest BCUT2D eigenvalue weighted by atomic mass is 10.1. The number of ether oxygens (including phenoxy) is 4. The van der Waals surface area contributed by atoms with Gasteiger partial charge in [0.25, 0.3) is 3.79 Å². The smallest absolute Gasteiger partial charge is 0.303 e. The first-order valence-corrected chi connectivity index (χ1v) is 9.05. The number of nitrogens with one attached hydrogen (secondary N) is 1. The minimum atomic E-state index is -2.12. The zero-order valence-electron chi connectivity index (χ0n) is 13.4. The van der Waals surface area contributed by atoms with Crippen LogP contribution in [0.2, 0.25) is 0 Å². The summed E-state index contributed by atoms with van der Waals surface area (Å²) in [6.07, 6.45) is -3.20. The molecular formula is C13H16Cl3NO7S. The van der Waals surface area contributed by atoms with E-state index in [1.807, 2.05) is 0 Å². The second kappa shape index (κ2) is 9.16. The van der Waals surface area contributed by atoms with Crippen LogP contribution in [0.15, 0.2) is 0 Å². The Morgan fingerprint density at radius 2 is 1.40 bits per heavy atom. The molecule has 0 aliphatic carbocycles. The van der Waals surface area contributed by atoms with Gasteiger partial charge in [-0.25, -0.2) is 0 Å². The Balaban J connectivity index is 3.09. The van der Waals surface area contributed by atoms with Crippen molar-refractivity contribution in [2.75, 3.05) is 5.75 Å². The predicted octanol–water partition coefficient (Wildman–Crippen LogP) is 2.22. The van der Waals surface area contributed by atoms with E-state index in [1.54, 1.807) is 0 Å². The summed E-state index contributed by atoms with van der Waals surface area (Å²) in [7, 11) is 0. The van der Waals surface area contributed by atoms with Gasteiger partial charge < -0.3 is 18.9 Å². The first kappa shape index (κ1) is 22.1. The Labute approximate surface area is 163 Å². The van der Waals surface area contributed by atoms with Crippen molar-refractivity contribution in [2.45, 2.75) is 48.3 Å². The molecule has 1 heterocycles. The summed E-state index contributed by atoms with van der Waals surface area (Å²) in [5, 5.41) is 7.65. The van der Waals surface area contributed by atoms with Gasteiger partial charge in [-0.1, -0.05) is 34.8 Å². The molecule has 1 fully saturated rings. The monoisotopic (exact) mass is 435 g/mol. The van der Waals surface area contributed by atoms with Crippen LogP contribution in [0.5, 0.6) is 0 Å². The average Bonchev–Trinajstić information content (AvgIpc) is 2.42. The topological polar surface area (TPSA) is 112 Å². The first-order chi connectivity index (χ1) is 11.4. The molecule has 1 N–H and O–H groups in total. The lowest BCUT2D eigenvalue weighted by molar-refractivity contribution is -0.187. The standard InChI is InChI=1S/C13H16Cl3NO7S/c1-5(18)21-8-4-25-11(24-12(17)13(14,15)16)10(23-7(3)20)9(8)22-6(2)19/h8-11,17H,4H2,1-3H3/t8-,9+,10-,11+/m1/s1. The van der Waals surface area contributed by atoms with E-state index in [2.05, 4.69) is 0 Å². The van der Waals surface area contributed by atoms with E-state index < -0.39 is 51.3 Å². The molecule has 0 aromatic carbocycles. The van der Waals surface area contributed by atoms with Crippen LogP contribution in [0.25, 0.3) is 0 Å². The Morgan fingerprint density at radius 3 is 1.84 bits per heavy atom. The molecule has 0 amide bonds. The molecule has 1 aliphatic heterocycles. The van der Waals surface area contributed by atoms with Gasteiger partial charge >= 0.3 is 17.9 Å². The Bertz CT molecular complexity index is 554. The fraction of sp³-hybridized carbons (Fsp3) is 0.692. The molecule has 1 rings (SSSR count). The molecule has 1 saturated heterocycles. The molecule has 25 heavy (non-hydrogen) atoms. The molecule has 0 saturated carbocycles. The third kappa shape index (κ3) is 7.08. The van der Waals surface area contributed by atoms with Gasteiger partial charge in [0.15, 0.2) is 23.7 Å². The van der Waals surface area contributed by atoms with E-state index in [1.165, 1.54) is 6.92 Å². The molecule has 0 aromatic rings. The highest BCUT2D eigenvalue weighted by Gasteiger charge is 2.49. The molecule has 0 aromatic heterocycles. The Kier molecular flexibility index (Phi) is 8.11. The van der Waals surface area contributed by atoms with Crippen molar-refractivity contribution in [1.29, 1.82) is 5.41 Å². The summed E-state index contributed by atoms with van der Waals surface area (Å²) in [6, 6.07) is 0. The van der Waals surface area contributed by atoms with Crippen molar-refractivity contribution in [2.24, 2.45) is 0 Å². The lowest BCUT2D eigenvalue weighted by Gasteiger charge is -2.40. The number of thioether (sulfide) groups is 1. The molecular weight excluding hydrogens is 421 g/mol. The van der Waals surface area contributed by atoms with Crippen molar-refractivity contribution in [1.82, 2.24) is 0 Å². The van der Waals surface area contributed by atoms with E-state index in [4.69, 9.17) is 59.2 Å². The normalized spacial score (nSPS) is 26.3. The van der Waals surface area contributed by atoms with Gasteiger partial charge in [0.1, 0.15) is 0 Å². The maximum absolute atomic E-state index is 11.4. The highest BCUT2D eigenvalue weighted by molar-refractivity contribution is 7.99. The minimum Gasteiger partial charge on any atom is -0.459 e. The molecule has 8 nitrogen and oxygen atoms in total. The van der Waals surface area contributed by atoms with Crippen molar-refractivity contribution >= 4 is 70.4 Å². The molecule has 0 radical (unpaired) electrons. The minimum absolute atomic E-state index is 0.146. The van der Waals surface area contributed by atoms with Gasteiger partial charge in [0.05, 0.1) is 0 Å². The van der Waals surface area contributed by atoms with Crippen LogP contribution >= 0.6 is 46.6 Å². The summed E-state index contributed by atoms with van der Waals surface area (Å²) < 4.78 is 18.6. The second-order valence-corrected chi connectivity index (χ2v) is 8.35. The summed E-state index contributed by atoms with van der Waals surface area (Å²) in [5.74, 6) is -2.52. The average molecular weight is 437 g/mol. The quantitative estimate of drug-likeness (QED) is 0.235. The zero-order valence-corrected chi connectivity index (χ0v) is 16.5. The van der Waals surface area contributed by atoms with Crippen LogP contribution in [-0.2, 0) is 33.3 Å². The summed E-state index contributed by atoms with van der Waals surface area (Å²) in [4.78, 5) is 34.1. The maximum Gasteiger partial charge on any atom is 0.303 e. The molecule has 0 unspecified atom stereocenters. The molecule has 142 valence electrons. The van der Waals surface area contributed by atoms with Crippen molar-refractivity contribution in [3.05, 3.63) is 0 Å². The van der Waals surface area contributed by atoms with Crippen molar-refractivity contribution < 1.29 is 33.3 Å². The van der Waals surface area contributed by atoms with Gasteiger partial charge in [0.2, 0.25) is 5.90 Å². The number of hydrogen-bond donors (Lipinski definition) is 1. The molecule has 12 heteroatoms.